The lowest BCUT2D eigenvalue weighted by Gasteiger charge is -2.16. The molecule has 126 valence electrons. The SMILES string of the molecule is Nc1[nH]c(=O)nc2c1ncn2[C@H]1C[C@H](OP(=O)(O)O)[C@@H](CO)O1. The van der Waals surface area contributed by atoms with Gasteiger partial charge in [0.1, 0.15) is 29.8 Å². The van der Waals surface area contributed by atoms with Gasteiger partial charge in [0, 0.05) is 6.42 Å². The average Bonchev–Trinajstić information content (AvgIpc) is 3.00. The normalized spacial score (nSPS) is 25.3. The van der Waals surface area contributed by atoms with E-state index in [1.807, 2.05) is 0 Å². The number of H-pyrrole nitrogens is 1. The van der Waals surface area contributed by atoms with Gasteiger partial charge < -0.3 is 25.4 Å². The van der Waals surface area contributed by atoms with E-state index in [1.54, 1.807) is 0 Å². The molecule has 0 saturated carbocycles. The van der Waals surface area contributed by atoms with Crippen LogP contribution in [0.25, 0.3) is 11.2 Å². The highest BCUT2D eigenvalue weighted by Crippen LogP contribution is 2.43. The number of nitrogens with zero attached hydrogens (tertiary/aromatic N) is 3. The molecule has 23 heavy (non-hydrogen) atoms. The van der Waals surface area contributed by atoms with Gasteiger partial charge in [0.05, 0.1) is 12.9 Å². The lowest BCUT2D eigenvalue weighted by Crippen LogP contribution is -2.26. The topological polar surface area (TPSA) is 186 Å². The Bertz CT molecular complexity index is 829. The van der Waals surface area contributed by atoms with Crippen molar-refractivity contribution in [1.82, 2.24) is 19.5 Å². The fourth-order valence-corrected chi connectivity index (χ4v) is 3.06. The van der Waals surface area contributed by atoms with Crippen LogP contribution in [0.4, 0.5) is 5.82 Å². The summed E-state index contributed by atoms with van der Waals surface area (Å²) >= 11 is 0. The molecule has 12 nitrogen and oxygen atoms in total. The third-order valence-corrected chi connectivity index (χ3v) is 3.96. The summed E-state index contributed by atoms with van der Waals surface area (Å²) < 4.78 is 22.5. The van der Waals surface area contributed by atoms with E-state index < -0.39 is 38.6 Å². The summed E-state index contributed by atoms with van der Waals surface area (Å²) in [6.07, 6.45) is -1.38. The summed E-state index contributed by atoms with van der Waals surface area (Å²) in [5.74, 6) is 0.0403. The lowest BCUT2D eigenvalue weighted by atomic mass is 10.2. The molecule has 6 N–H and O–H groups in total. The lowest BCUT2D eigenvalue weighted by molar-refractivity contribution is -0.0425. The Labute approximate surface area is 128 Å². The number of aliphatic hydroxyl groups excluding tert-OH is 1. The predicted octanol–water partition coefficient (Wildman–Crippen LogP) is -1.54. The Kier molecular flexibility index (Phi) is 3.96. The summed E-state index contributed by atoms with van der Waals surface area (Å²) in [5.41, 5.74) is 5.40. The first-order valence-electron chi connectivity index (χ1n) is 6.51. The summed E-state index contributed by atoms with van der Waals surface area (Å²) in [5, 5.41) is 9.28. The van der Waals surface area contributed by atoms with Crippen molar-refractivity contribution in [2.75, 3.05) is 12.3 Å². The molecule has 3 atom stereocenters. The highest BCUT2D eigenvalue weighted by molar-refractivity contribution is 7.46. The van der Waals surface area contributed by atoms with Crippen LogP contribution in [0.1, 0.15) is 12.6 Å². The molecule has 3 rings (SSSR count). The minimum absolute atomic E-state index is 0.0240. The molecular weight excluding hydrogens is 333 g/mol. The first-order chi connectivity index (χ1) is 10.8. The van der Waals surface area contributed by atoms with Crippen LogP contribution < -0.4 is 11.4 Å². The second-order valence-electron chi connectivity index (χ2n) is 4.96. The Morgan fingerprint density at radius 1 is 1.57 bits per heavy atom. The van der Waals surface area contributed by atoms with Crippen LogP contribution >= 0.6 is 7.82 Å². The third-order valence-electron chi connectivity index (χ3n) is 3.42. The number of phosphoric acid groups is 1. The molecule has 0 spiro atoms. The number of hydrogen-bond acceptors (Lipinski definition) is 8. The van der Waals surface area contributed by atoms with Crippen LogP contribution in [0, 0.1) is 0 Å². The summed E-state index contributed by atoms with van der Waals surface area (Å²) in [6, 6.07) is 0. The van der Waals surface area contributed by atoms with Crippen LogP contribution in [0.15, 0.2) is 11.1 Å². The maximum Gasteiger partial charge on any atom is 0.469 e. The monoisotopic (exact) mass is 347 g/mol. The molecule has 0 radical (unpaired) electrons. The van der Waals surface area contributed by atoms with Gasteiger partial charge in [-0.05, 0) is 0 Å². The highest BCUT2D eigenvalue weighted by Gasteiger charge is 2.40. The van der Waals surface area contributed by atoms with Crippen molar-refractivity contribution in [3.63, 3.8) is 0 Å². The number of rotatable bonds is 4. The van der Waals surface area contributed by atoms with E-state index in [-0.39, 0.29) is 23.4 Å². The highest BCUT2D eigenvalue weighted by atomic mass is 31.2. The van der Waals surface area contributed by atoms with E-state index in [9.17, 15) is 14.5 Å². The van der Waals surface area contributed by atoms with E-state index in [4.69, 9.17) is 20.3 Å². The van der Waals surface area contributed by atoms with Crippen LogP contribution in [0.2, 0.25) is 0 Å². The van der Waals surface area contributed by atoms with Gasteiger partial charge in [-0.25, -0.2) is 14.3 Å². The quantitative estimate of drug-likeness (QED) is 0.406. The maximum atomic E-state index is 11.4. The second-order valence-corrected chi connectivity index (χ2v) is 6.15. The van der Waals surface area contributed by atoms with Gasteiger partial charge in [-0.15, -0.1) is 0 Å². The van der Waals surface area contributed by atoms with Crippen molar-refractivity contribution < 1.29 is 28.7 Å². The van der Waals surface area contributed by atoms with Crippen molar-refractivity contribution in [1.29, 1.82) is 0 Å². The number of aromatic nitrogens is 4. The number of phosphoric ester groups is 1. The number of nitrogens with one attached hydrogen (secondary N) is 1. The zero-order chi connectivity index (χ0) is 16.8. The summed E-state index contributed by atoms with van der Waals surface area (Å²) in [7, 11) is -4.74. The van der Waals surface area contributed by atoms with Crippen LogP contribution in [-0.2, 0) is 13.8 Å². The molecule has 0 bridgehead atoms. The fourth-order valence-electron chi connectivity index (χ4n) is 2.49. The Hall–Kier alpha value is -1.82. The van der Waals surface area contributed by atoms with Crippen molar-refractivity contribution in [3.8, 4) is 0 Å². The van der Waals surface area contributed by atoms with Crippen LogP contribution in [0.5, 0.6) is 0 Å². The van der Waals surface area contributed by atoms with Gasteiger partial charge in [-0.1, -0.05) is 0 Å². The number of ether oxygens (including phenoxy) is 1. The van der Waals surface area contributed by atoms with Gasteiger partial charge in [-0.3, -0.25) is 14.1 Å². The number of aromatic amines is 1. The molecule has 2 aromatic heterocycles. The van der Waals surface area contributed by atoms with E-state index in [1.165, 1.54) is 10.9 Å². The molecule has 1 saturated heterocycles. The van der Waals surface area contributed by atoms with Gasteiger partial charge in [0.15, 0.2) is 5.65 Å². The Morgan fingerprint density at radius 3 is 2.96 bits per heavy atom. The maximum absolute atomic E-state index is 11.4. The van der Waals surface area contributed by atoms with Crippen molar-refractivity contribution >= 4 is 24.8 Å². The zero-order valence-corrected chi connectivity index (χ0v) is 12.5. The Morgan fingerprint density at radius 2 is 2.30 bits per heavy atom. The number of anilines is 1. The van der Waals surface area contributed by atoms with E-state index >= 15 is 0 Å². The minimum Gasteiger partial charge on any atom is -0.394 e. The smallest absolute Gasteiger partial charge is 0.394 e. The summed E-state index contributed by atoms with van der Waals surface area (Å²) in [4.78, 5) is 39.4. The van der Waals surface area contributed by atoms with Crippen molar-refractivity contribution in [3.05, 3.63) is 16.8 Å². The van der Waals surface area contributed by atoms with E-state index in [0.29, 0.717) is 0 Å². The third kappa shape index (κ3) is 3.13. The van der Waals surface area contributed by atoms with Crippen LogP contribution in [-0.4, -0.2) is 53.2 Å². The first kappa shape index (κ1) is 16.1. The first-order valence-corrected chi connectivity index (χ1v) is 8.04. The van der Waals surface area contributed by atoms with E-state index in [0.717, 1.165) is 0 Å². The van der Waals surface area contributed by atoms with Crippen LogP contribution in [0.3, 0.4) is 0 Å². The molecule has 2 aromatic rings. The zero-order valence-electron chi connectivity index (χ0n) is 11.6. The number of fused-ring (bicyclic) bond motifs is 1. The van der Waals surface area contributed by atoms with Gasteiger partial charge >= 0.3 is 13.5 Å². The average molecular weight is 347 g/mol. The predicted molar refractivity (Wildman–Crippen MR) is 75.1 cm³/mol. The molecule has 0 amide bonds. The number of nitrogen functional groups attached to an aromatic ring is 1. The number of nitrogens with two attached hydrogens (primary N) is 1. The molecule has 0 aromatic carbocycles. The second kappa shape index (κ2) is 5.67. The number of hydrogen-bond donors (Lipinski definition) is 5. The van der Waals surface area contributed by atoms with Crippen molar-refractivity contribution in [2.45, 2.75) is 24.9 Å². The molecular formula is C10H14N5O7P. The van der Waals surface area contributed by atoms with E-state index in [2.05, 4.69) is 19.5 Å². The fraction of sp³-hybridized carbons (Fsp3) is 0.500. The largest absolute Gasteiger partial charge is 0.469 e. The standard InChI is InChI=1S/C10H14N5O7P/c11-8-7-9(14-10(17)13-8)15(3-12-7)6-1-4(5(2-16)21-6)22-23(18,19)20/h3-6,16H,1-2H2,(H2,18,19,20)(H3,11,13,14,17)/t4-,5+,6+/m0/s1. The van der Waals surface area contributed by atoms with Gasteiger partial charge in [0.2, 0.25) is 0 Å². The van der Waals surface area contributed by atoms with Gasteiger partial charge in [-0.2, -0.15) is 4.98 Å². The minimum atomic E-state index is -4.74. The molecule has 1 fully saturated rings. The number of imidazole rings is 1. The number of aliphatic hydroxyl groups is 1. The molecule has 3 heterocycles. The summed E-state index contributed by atoms with van der Waals surface area (Å²) in [6.45, 7) is -0.496. The molecule has 0 aliphatic carbocycles. The van der Waals surface area contributed by atoms with Crippen molar-refractivity contribution in [2.24, 2.45) is 0 Å². The molecule has 1 aliphatic rings. The Balaban J connectivity index is 1.94. The van der Waals surface area contributed by atoms with Gasteiger partial charge in [0.25, 0.3) is 0 Å². The molecule has 13 heteroatoms. The molecule has 1 aliphatic heterocycles. The molecule has 0 unspecified atom stereocenters.